The van der Waals surface area contributed by atoms with E-state index in [9.17, 15) is 0 Å². The number of halogens is 1. The van der Waals surface area contributed by atoms with Crippen LogP contribution in [0, 0.1) is 5.92 Å². The highest BCUT2D eigenvalue weighted by Gasteiger charge is 2.17. The molecule has 0 bridgehead atoms. The molecule has 1 aromatic rings. The van der Waals surface area contributed by atoms with Gasteiger partial charge in [-0.3, -0.25) is 0 Å². The molecule has 100 valence electrons. The Hall–Kier alpha value is -0.540. The fraction of sp³-hybridized carbons (Fsp3) is 0.600. The molecule has 0 spiro atoms. The van der Waals surface area contributed by atoms with Gasteiger partial charge in [0.1, 0.15) is 5.75 Å². The zero-order chi connectivity index (χ0) is 13.0. The summed E-state index contributed by atoms with van der Waals surface area (Å²) in [6.07, 6.45) is 5.33. The van der Waals surface area contributed by atoms with Crippen molar-refractivity contribution >= 4 is 15.9 Å². The van der Waals surface area contributed by atoms with Crippen molar-refractivity contribution in [1.29, 1.82) is 0 Å². The summed E-state index contributed by atoms with van der Waals surface area (Å²) >= 11 is 3.60. The van der Waals surface area contributed by atoms with Crippen LogP contribution in [0.2, 0.25) is 0 Å². The molecule has 1 aliphatic rings. The second-order valence-electron chi connectivity index (χ2n) is 5.30. The van der Waals surface area contributed by atoms with E-state index in [1.165, 1.54) is 31.2 Å². The molecule has 0 saturated heterocycles. The van der Waals surface area contributed by atoms with Crippen LogP contribution < -0.4 is 10.1 Å². The van der Waals surface area contributed by atoms with Crippen LogP contribution in [0.5, 0.6) is 5.75 Å². The van der Waals surface area contributed by atoms with E-state index in [0.29, 0.717) is 6.04 Å². The van der Waals surface area contributed by atoms with Crippen molar-refractivity contribution in [2.75, 3.05) is 7.11 Å². The number of methoxy groups -OCH3 is 1. The first-order valence-corrected chi connectivity index (χ1v) is 7.54. The number of nitrogens with one attached hydrogen (secondary N) is 1. The predicted octanol–water partition coefficient (Wildman–Crippen LogP) is 4.13. The van der Waals surface area contributed by atoms with Gasteiger partial charge in [-0.05, 0) is 55.4 Å². The molecular formula is C15H22BrNO. The van der Waals surface area contributed by atoms with E-state index in [1.807, 2.05) is 6.07 Å². The molecule has 2 nitrogen and oxygen atoms in total. The molecule has 0 heterocycles. The first-order valence-electron chi connectivity index (χ1n) is 6.75. The van der Waals surface area contributed by atoms with Crippen molar-refractivity contribution in [1.82, 2.24) is 5.32 Å². The molecule has 0 aliphatic heterocycles. The molecule has 0 unspecified atom stereocenters. The average Bonchev–Trinajstić information content (AvgIpc) is 2.40. The zero-order valence-corrected chi connectivity index (χ0v) is 12.8. The Morgan fingerprint density at radius 3 is 2.67 bits per heavy atom. The molecule has 0 atom stereocenters. The monoisotopic (exact) mass is 311 g/mol. The lowest BCUT2D eigenvalue weighted by Gasteiger charge is -2.27. The molecule has 3 heteroatoms. The number of hydrogen-bond donors (Lipinski definition) is 1. The number of ether oxygens (including phenoxy) is 1. The van der Waals surface area contributed by atoms with Crippen molar-refractivity contribution in [2.45, 2.75) is 45.2 Å². The number of rotatable bonds is 4. The number of benzene rings is 1. The topological polar surface area (TPSA) is 21.3 Å². The highest BCUT2D eigenvalue weighted by molar-refractivity contribution is 9.10. The van der Waals surface area contributed by atoms with Crippen molar-refractivity contribution < 1.29 is 4.74 Å². The van der Waals surface area contributed by atoms with Crippen LogP contribution in [0.15, 0.2) is 22.7 Å². The van der Waals surface area contributed by atoms with E-state index in [0.717, 1.165) is 22.7 Å². The second-order valence-corrected chi connectivity index (χ2v) is 6.15. The van der Waals surface area contributed by atoms with E-state index >= 15 is 0 Å². The summed E-state index contributed by atoms with van der Waals surface area (Å²) in [5.74, 6) is 1.83. The molecule has 1 N–H and O–H groups in total. The fourth-order valence-electron chi connectivity index (χ4n) is 2.53. The quantitative estimate of drug-likeness (QED) is 0.903. The molecule has 1 fully saturated rings. The summed E-state index contributed by atoms with van der Waals surface area (Å²) in [4.78, 5) is 0. The predicted molar refractivity (Wildman–Crippen MR) is 79.0 cm³/mol. The van der Waals surface area contributed by atoms with Gasteiger partial charge in [-0.15, -0.1) is 0 Å². The normalized spacial score (nSPS) is 23.9. The third kappa shape index (κ3) is 3.72. The largest absolute Gasteiger partial charge is 0.497 e. The van der Waals surface area contributed by atoms with Crippen LogP contribution in [0.25, 0.3) is 0 Å². The van der Waals surface area contributed by atoms with Gasteiger partial charge in [-0.2, -0.15) is 0 Å². The number of hydrogen-bond acceptors (Lipinski definition) is 2. The zero-order valence-electron chi connectivity index (χ0n) is 11.2. The Kier molecular flexibility index (Phi) is 5.07. The van der Waals surface area contributed by atoms with Gasteiger partial charge in [0.05, 0.1) is 7.11 Å². The highest BCUT2D eigenvalue weighted by Crippen LogP contribution is 2.25. The summed E-state index contributed by atoms with van der Waals surface area (Å²) in [6, 6.07) is 6.82. The van der Waals surface area contributed by atoms with E-state index < -0.39 is 0 Å². The molecule has 0 aromatic heterocycles. The van der Waals surface area contributed by atoms with Crippen molar-refractivity contribution in [3.63, 3.8) is 0 Å². The maximum Gasteiger partial charge on any atom is 0.119 e. The second kappa shape index (κ2) is 6.58. The van der Waals surface area contributed by atoms with Crippen molar-refractivity contribution in [3.05, 3.63) is 28.2 Å². The lowest BCUT2D eigenvalue weighted by molar-refractivity contribution is 0.306. The molecule has 1 saturated carbocycles. The Morgan fingerprint density at radius 1 is 1.28 bits per heavy atom. The Balaban J connectivity index is 1.89. The fourth-order valence-corrected chi connectivity index (χ4v) is 2.92. The smallest absolute Gasteiger partial charge is 0.119 e. The van der Waals surface area contributed by atoms with Crippen LogP contribution in [0.3, 0.4) is 0 Å². The minimum absolute atomic E-state index is 0.680. The molecule has 0 radical (unpaired) electrons. The minimum Gasteiger partial charge on any atom is -0.497 e. The summed E-state index contributed by atoms with van der Waals surface area (Å²) in [6.45, 7) is 3.27. The Morgan fingerprint density at radius 2 is 2.00 bits per heavy atom. The molecule has 18 heavy (non-hydrogen) atoms. The first kappa shape index (κ1) is 13.9. The molecule has 0 amide bonds. The van der Waals surface area contributed by atoms with Gasteiger partial charge in [0.25, 0.3) is 0 Å². The maximum absolute atomic E-state index is 5.27. The van der Waals surface area contributed by atoms with Crippen LogP contribution in [-0.4, -0.2) is 13.2 Å². The van der Waals surface area contributed by atoms with Crippen molar-refractivity contribution in [2.24, 2.45) is 5.92 Å². The molecule has 1 aliphatic carbocycles. The third-order valence-corrected chi connectivity index (χ3v) is 4.62. The summed E-state index contributed by atoms with van der Waals surface area (Å²) in [5.41, 5.74) is 1.27. The van der Waals surface area contributed by atoms with Gasteiger partial charge in [0, 0.05) is 17.1 Å². The first-order chi connectivity index (χ1) is 8.69. The lowest BCUT2D eigenvalue weighted by Crippen LogP contribution is -2.32. The van der Waals surface area contributed by atoms with Gasteiger partial charge in [-0.1, -0.05) is 22.9 Å². The van der Waals surface area contributed by atoms with Crippen LogP contribution in [0.1, 0.15) is 38.2 Å². The summed E-state index contributed by atoms with van der Waals surface area (Å²) in [7, 11) is 1.71. The SMILES string of the molecule is COc1ccc(Br)c(CNC2CCC(C)CC2)c1. The Bertz CT molecular complexity index is 386. The highest BCUT2D eigenvalue weighted by atomic mass is 79.9. The van der Waals surface area contributed by atoms with E-state index in [-0.39, 0.29) is 0 Å². The van der Waals surface area contributed by atoms with Gasteiger partial charge >= 0.3 is 0 Å². The minimum atomic E-state index is 0.680. The third-order valence-electron chi connectivity index (χ3n) is 3.85. The average molecular weight is 312 g/mol. The maximum atomic E-state index is 5.27. The Labute approximate surface area is 118 Å². The van der Waals surface area contributed by atoms with Gasteiger partial charge in [0.2, 0.25) is 0 Å². The van der Waals surface area contributed by atoms with Crippen LogP contribution in [-0.2, 0) is 6.54 Å². The van der Waals surface area contributed by atoms with Crippen LogP contribution >= 0.6 is 15.9 Å². The summed E-state index contributed by atoms with van der Waals surface area (Å²) in [5, 5.41) is 3.67. The van der Waals surface area contributed by atoms with E-state index in [4.69, 9.17) is 4.74 Å². The molecular weight excluding hydrogens is 290 g/mol. The summed E-state index contributed by atoms with van der Waals surface area (Å²) < 4.78 is 6.42. The van der Waals surface area contributed by atoms with Gasteiger partial charge in [-0.25, -0.2) is 0 Å². The van der Waals surface area contributed by atoms with Gasteiger partial charge < -0.3 is 10.1 Å². The molecule has 1 aromatic carbocycles. The standard InChI is InChI=1S/C15H22BrNO/c1-11-3-5-13(6-4-11)17-10-12-9-14(18-2)7-8-15(12)16/h7-9,11,13,17H,3-6,10H2,1-2H3. The van der Waals surface area contributed by atoms with Crippen molar-refractivity contribution in [3.8, 4) is 5.75 Å². The van der Waals surface area contributed by atoms with Gasteiger partial charge in [0.15, 0.2) is 0 Å². The molecule has 2 rings (SSSR count). The van der Waals surface area contributed by atoms with Crippen LogP contribution in [0.4, 0.5) is 0 Å². The lowest BCUT2D eigenvalue weighted by atomic mass is 9.87. The van der Waals surface area contributed by atoms with E-state index in [1.54, 1.807) is 7.11 Å². The van der Waals surface area contributed by atoms with E-state index in [2.05, 4.69) is 40.3 Å².